The van der Waals surface area contributed by atoms with Crippen LogP contribution in [0.1, 0.15) is 34.6 Å². The molecular weight excluding hydrogens is 222 g/mol. The Hall–Kier alpha value is -2.17. The SMILES string of the molecule is CCOC(=O)Nc1cc(C(C)=O)ccc1C=O. The van der Waals surface area contributed by atoms with Gasteiger partial charge in [0.25, 0.3) is 0 Å². The van der Waals surface area contributed by atoms with E-state index in [2.05, 4.69) is 5.32 Å². The maximum absolute atomic E-state index is 11.2. The summed E-state index contributed by atoms with van der Waals surface area (Å²) in [6.07, 6.45) is -0.0535. The highest BCUT2D eigenvalue weighted by molar-refractivity contribution is 5.99. The minimum absolute atomic E-state index is 0.144. The number of hydrogen-bond donors (Lipinski definition) is 1. The summed E-state index contributed by atoms with van der Waals surface area (Å²) in [4.78, 5) is 33.2. The van der Waals surface area contributed by atoms with E-state index in [1.165, 1.54) is 25.1 Å². The van der Waals surface area contributed by atoms with Crippen LogP contribution in [-0.2, 0) is 4.74 Å². The zero-order valence-electron chi connectivity index (χ0n) is 9.65. The van der Waals surface area contributed by atoms with E-state index in [0.29, 0.717) is 17.4 Å². The highest BCUT2D eigenvalue weighted by atomic mass is 16.5. The van der Waals surface area contributed by atoms with Gasteiger partial charge in [0.2, 0.25) is 0 Å². The van der Waals surface area contributed by atoms with Gasteiger partial charge in [-0.3, -0.25) is 14.9 Å². The fourth-order valence-electron chi connectivity index (χ4n) is 1.26. The van der Waals surface area contributed by atoms with E-state index in [-0.39, 0.29) is 18.1 Å². The van der Waals surface area contributed by atoms with Gasteiger partial charge in [-0.05, 0) is 26.0 Å². The first-order chi connectivity index (χ1) is 8.08. The van der Waals surface area contributed by atoms with Crippen molar-refractivity contribution in [2.45, 2.75) is 13.8 Å². The smallest absolute Gasteiger partial charge is 0.411 e. The minimum atomic E-state index is -0.656. The maximum atomic E-state index is 11.2. The zero-order chi connectivity index (χ0) is 12.8. The molecule has 17 heavy (non-hydrogen) atoms. The molecule has 0 spiro atoms. The molecule has 0 fully saturated rings. The van der Waals surface area contributed by atoms with Gasteiger partial charge in [-0.25, -0.2) is 4.79 Å². The Labute approximate surface area is 98.8 Å². The third-order valence-electron chi connectivity index (χ3n) is 2.10. The van der Waals surface area contributed by atoms with Crippen LogP contribution in [0.15, 0.2) is 18.2 Å². The second kappa shape index (κ2) is 5.79. The lowest BCUT2D eigenvalue weighted by Crippen LogP contribution is -2.15. The average Bonchev–Trinajstić information content (AvgIpc) is 2.29. The lowest BCUT2D eigenvalue weighted by Gasteiger charge is -2.08. The second-order valence-corrected chi connectivity index (χ2v) is 3.32. The van der Waals surface area contributed by atoms with Crippen molar-refractivity contribution in [3.05, 3.63) is 29.3 Å². The highest BCUT2D eigenvalue weighted by Crippen LogP contribution is 2.17. The summed E-state index contributed by atoms with van der Waals surface area (Å²) in [5.74, 6) is -0.144. The van der Waals surface area contributed by atoms with Crippen LogP contribution in [0.25, 0.3) is 0 Å². The molecule has 5 nitrogen and oxygen atoms in total. The first-order valence-corrected chi connectivity index (χ1v) is 5.12. The first-order valence-electron chi connectivity index (χ1n) is 5.12. The molecule has 0 atom stereocenters. The predicted molar refractivity (Wildman–Crippen MR) is 62.5 cm³/mol. The maximum Gasteiger partial charge on any atom is 0.411 e. The van der Waals surface area contributed by atoms with Crippen molar-refractivity contribution < 1.29 is 19.1 Å². The van der Waals surface area contributed by atoms with Crippen molar-refractivity contribution >= 4 is 23.9 Å². The fourth-order valence-corrected chi connectivity index (χ4v) is 1.26. The van der Waals surface area contributed by atoms with E-state index in [0.717, 1.165) is 0 Å². The lowest BCUT2D eigenvalue weighted by molar-refractivity contribution is 0.101. The molecule has 1 N–H and O–H groups in total. The molecule has 0 aliphatic heterocycles. The third kappa shape index (κ3) is 3.41. The number of amides is 1. The van der Waals surface area contributed by atoms with Crippen LogP contribution in [0.2, 0.25) is 0 Å². The van der Waals surface area contributed by atoms with E-state index in [1.807, 2.05) is 0 Å². The quantitative estimate of drug-likeness (QED) is 0.641. The van der Waals surface area contributed by atoms with Crippen LogP contribution in [0.4, 0.5) is 10.5 Å². The Bertz CT molecular complexity index is 454. The van der Waals surface area contributed by atoms with Crippen LogP contribution >= 0.6 is 0 Å². The Kier molecular flexibility index (Phi) is 4.39. The molecule has 0 saturated carbocycles. The van der Waals surface area contributed by atoms with E-state index >= 15 is 0 Å². The van der Waals surface area contributed by atoms with E-state index in [1.54, 1.807) is 6.92 Å². The van der Waals surface area contributed by atoms with Gasteiger partial charge in [0.15, 0.2) is 12.1 Å². The van der Waals surface area contributed by atoms with Gasteiger partial charge >= 0.3 is 6.09 Å². The highest BCUT2D eigenvalue weighted by Gasteiger charge is 2.09. The Morgan fingerprint density at radius 1 is 1.41 bits per heavy atom. The summed E-state index contributed by atoms with van der Waals surface area (Å²) in [5.41, 5.74) is 0.983. The van der Waals surface area contributed by atoms with Crippen molar-refractivity contribution in [2.75, 3.05) is 11.9 Å². The van der Waals surface area contributed by atoms with Crippen LogP contribution in [0.5, 0.6) is 0 Å². The van der Waals surface area contributed by atoms with Gasteiger partial charge < -0.3 is 4.74 Å². The minimum Gasteiger partial charge on any atom is -0.450 e. The Morgan fingerprint density at radius 3 is 2.65 bits per heavy atom. The molecule has 1 rings (SSSR count). The molecule has 0 saturated heterocycles. The number of hydrogen-bond acceptors (Lipinski definition) is 4. The summed E-state index contributed by atoms with van der Waals surface area (Å²) in [6.45, 7) is 3.31. The van der Waals surface area contributed by atoms with Crippen molar-refractivity contribution in [2.24, 2.45) is 0 Å². The number of ketones is 1. The number of anilines is 1. The summed E-state index contributed by atoms with van der Waals surface area (Å²) in [6, 6.07) is 4.46. The monoisotopic (exact) mass is 235 g/mol. The summed E-state index contributed by atoms with van der Waals surface area (Å²) < 4.78 is 4.69. The van der Waals surface area contributed by atoms with Crippen molar-refractivity contribution in [1.82, 2.24) is 0 Å². The summed E-state index contributed by atoms with van der Waals surface area (Å²) in [5, 5.41) is 2.41. The van der Waals surface area contributed by atoms with Crippen LogP contribution in [0.3, 0.4) is 0 Å². The third-order valence-corrected chi connectivity index (χ3v) is 2.10. The van der Waals surface area contributed by atoms with Crippen LogP contribution in [0, 0.1) is 0 Å². The average molecular weight is 235 g/mol. The number of benzene rings is 1. The van der Waals surface area contributed by atoms with E-state index in [9.17, 15) is 14.4 Å². The number of carbonyl (C=O) groups is 3. The number of ether oxygens (including phenoxy) is 1. The standard InChI is InChI=1S/C12H13NO4/c1-3-17-12(16)13-11-6-9(8(2)15)4-5-10(11)7-14/h4-7H,3H2,1-2H3,(H,13,16). The Morgan fingerprint density at radius 2 is 2.12 bits per heavy atom. The van der Waals surface area contributed by atoms with Gasteiger partial charge in [-0.2, -0.15) is 0 Å². The molecule has 0 aliphatic rings. The zero-order valence-corrected chi connectivity index (χ0v) is 9.65. The van der Waals surface area contributed by atoms with Gasteiger partial charge in [0.1, 0.15) is 0 Å². The van der Waals surface area contributed by atoms with Gasteiger partial charge in [0.05, 0.1) is 12.3 Å². The summed E-state index contributed by atoms with van der Waals surface area (Å²) in [7, 11) is 0. The number of Topliss-reactive ketones (excluding diaryl/α,β-unsaturated/α-hetero) is 1. The normalized spacial score (nSPS) is 9.53. The van der Waals surface area contributed by atoms with Gasteiger partial charge in [-0.1, -0.05) is 6.07 Å². The molecule has 5 heteroatoms. The molecule has 0 aliphatic carbocycles. The molecule has 1 aromatic rings. The molecule has 1 aromatic carbocycles. The molecule has 0 aromatic heterocycles. The molecule has 0 radical (unpaired) electrons. The lowest BCUT2D eigenvalue weighted by atomic mass is 10.1. The molecule has 0 bridgehead atoms. The largest absolute Gasteiger partial charge is 0.450 e. The van der Waals surface area contributed by atoms with Crippen molar-refractivity contribution in [3.63, 3.8) is 0 Å². The van der Waals surface area contributed by atoms with Crippen LogP contribution < -0.4 is 5.32 Å². The number of aldehydes is 1. The molecular formula is C12H13NO4. The van der Waals surface area contributed by atoms with Crippen LogP contribution in [-0.4, -0.2) is 24.8 Å². The predicted octanol–water partition coefficient (Wildman–Crippen LogP) is 2.27. The van der Waals surface area contributed by atoms with Gasteiger partial charge in [-0.15, -0.1) is 0 Å². The summed E-state index contributed by atoms with van der Waals surface area (Å²) >= 11 is 0. The van der Waals surface area contributed by atoms with E-state index in [4.69, 9.17) is 4.74 Å². The van der Waals surface area contributed by atoms with Crippen molar-refractivity contribution in [1.29, 1.82) is 0 Å². The molecule has 90 valence electrons. The van der Waals surface area contributed by atoms with Crippen molar-refractivity contribution in [3.8, 4) is 0 Å². The van der Waals surface area contributed by atoms with Gasteiger partial charge in [0, 0.05) is 11.1 Å². The van der Waals surface area contributed by atoms with E-state index < -0.39 is 6.09 Å². The molecule has 1 amide bonds. The topological polar surface area (TPSA) is 72.5 Å². The second-order valence-electron chi connectivity index (χ2n) is 3.32. The number of carbonyl (C=O) groups excluding carboxylic acids is 3. The fraction of sp³-hybridized carbons (Fsp3) is 0.250. The molecule has 0 unspecified atom stereocenters. The number of rotatable bonds is 4. The Balaban J connectivity index is 3.01. The first kappa shape index (κ1) is 12.9. The number of nitrogens with one attached hydrogen (secondary N) is 1. The molecule has 0 heterocycles.